The Balaban J connectivity index is 2.27. The zero-order valence-electron chi connectivity index (χ0n) is 14.0. The first kappa shape index (κ1) is 17.1. The Hall–Kier alpha value is -0.980. The minimum Gasteiger partial charge on any atom is -0.349 e. The molecule has 0 spiro atoms. The highest BCUT2D eigenvalue weighted by Gasteiger charge is 2.30. The molecule has 0 N–H and O–H groups in total. The number of hydrogen-bond acceptors (Lipinski definition) is 1. The molecule has 0 aromatic carbocycles. The zero-order chi connectivity index (χ0) is 15.3. The molecule has 1 fully saturated rings. The quantitative estimate of drug-likeness (QED) is 0.402. The van der Waals surface area contributed by atoms with E-state index in [-0.39, 0.29) is 0 Å². The lowest BCUT2D eigenvalue weighted by Crippen LogP contribution is -2.19. The van der Waals surface area contributed by atoms with Crippen LogP contribution in [0.1, 0.15) is 59.8 Å². The molecule has 0 aromatic heterocycles. The van der Waals surface area contributed by atoms with Crippen molar-refractivity contribution in [2.24, 2.45) is 17.8 Å². The van der Waals surface area contributed by atoms with Crippen molar-refractivity contribution in [1.29, 1.82) is 0 Å². The van der Waals surface area contributed by atoms with Crippen LogP contribution in [-0.4, -0.2) is 11.4 Å². The third kappa shape index (κ3) is 4.54. The van der Waals surface area contributed by atoms with Crippen LogP contribution < -0.4 is 0 Å². The average molecular weight is 275 g/mol. The SMILES string of the molecule is C=C(CCCCCN1C(=C)CC(C(C)C)C1=C)C(C)C. The highest BCUT2D eigenvalue weighted by molar-refractivity contribution is 5.20. The van der Waals surface area contributed by atoms with Gasteiger partial charge in [0, 0.05) is 23.9 Å². The predicted octanol–water partition coefficient (Wildman–Crippen LogP) is 5.76. The monoisotopic (exact) mass is 275 g/mol. The van der Waals surface area contributed by atoms with Gasteiger partial charge in [-0.05, 0) is 37.5 Å². The lowest BCUT2D eigenvalue weighted by Gasteiger charge is -2.23. The summed E-state index contributed by atoms with van der Waals surface area (Å²) < 4.78 is 0. The van der Waals surface area contributed by atoms with Crippen LogP contribution in [0, 0.1) is 17.8 Å². The molecule has 0 aliphatic carbocycles. The van der Waals surface area contributed by atoms with Gasteiger partial charge >= 0.3 is 0 Å². The van der Waals surface area contributed by atoms with E-state index in [1.165, 1.54) is 42.7 Å². The smallest absolute Gasteiger partial charge is 0.0224 e. The molecule has 1 heterocycles. The van der Waals surface area contributed by atoms with E-state index in [4.69, 9.17) is 0 Å². The molecule has 1 aliphatic heterocycles. The van der Waals surface area contributed by atoms with Gasteiger partial charge in [0.25, 0.3) is 0 Å². The first-order valence-electron chi connectivity index (χ1n) is 8.16. The first-order valence-corrected chi connectivity index (χ1v) is 8.16. The summed E-state index contributed by atoms with van der Waals surface area (Å²) in [6.07, 6.45) is 6.04. The lowest BCUT2D eigenvalue weighted by atomic mass is 9.92. The molecule has 0 saturated carbocycles. The Morgan fingerprint density at radius 3 is 2.30 bits per heavy atom. The van der Waals surface area contributed by atoms with E-state index in [0.29, 0.717) is 17.8 Å². The summed E-state index contributed by atoms with van der Waals surface area (Å²) in [7, 11) is 0. The van der Waals surface area contributed by atoms with Gasteiger partial charge in [-0.15, -0.1) is 0 Å². The fraction of sp³-hybridized carbons (Fsp3) is 0.684. The maximum absolute atomic E-state index is 4.29. The molecular weight excluding hydrogens is 242 g/mol. The fourth-order valence-corrected chi connectivity index (χ4v) is 2.89. The van der Waals surface area contributed by atoms with Crippen molar-refractivity contribution < 1.29 is 0 Å². The second kappa shape index (κ2) is 7.71. The molecule has 20 heavy (non-hydrogen) atoms. The van der Waals surface area contributed by atoms with E-state index < -0.39 is 0 Å². The third-order valence-corrected chi connectivity index (χ3v) is 4.61. The molecular formula is C19H33N. The summed E-state index contributed by atoms with van der Waals surface area (Å²) in [5, 5.41) is 0. The summed E-state index contributed by atoms with van der Waals surface area (Å²) in [4.78, 5) is 2.36. The zero-order valence-corrected chi connectivity index (χ0v) is 14.0. The number of rotatable bonds is 8. The fourth-order valence-electron chi connectivity index (χ4n) is 2.89. The van der Waals surface area contributed by atoms with Crippen molar-refractivity contribution in [2.75, 3.05) is 6.54 Å². The third-order valence-electron chi connectivity index (χ3n) is 4.61. The molecule has 1 aliphatic rings. The number of likely N-dealkylation sites (tertiary alicyclic amines) is 1. The molecule has 1 saturated heterocycles. The van der Waals surface area contributed by atoms with Crippen LogP contribution in [0.4, 0.5) is 0 Å². The van der Waals surface area contributed by atoms with E-state index in [1.54, 1.807) is 0 Å². The first-order chi connectivity index (χ1) is 9.34. The molecule has 1 heteroatoms. The van der Waals surface area contributed by atoms with Gasteiger partial charge < -0.3 is 4.90 Å². The molecule has 1 nitrogen and oxygen atoms in total. The van der Waals surface area contributed by atoms with Crippen molar-refractivity contribution in [1.82, 2.24) is 4.90 Å². The van der Waals surface area contributed by atoms with E-state index in [9.17, 15) is 0 Å². The Bertz CT molecular complexity index is 362. The van der Waals surface area contributed by atoms with Gasteiger partial charge in [-0.2, -0.15) is 0 Å². The Labute approximate surface area is 126 Å². The number of hydrogen-bond donors (Lipinski definition) is 0. The van der Waals surface area contributed by atoms with Crippen molar-refractivity contribution in [3.8, 4) is 0 Å². The van der Waals surface area contributed by atoms with Crippen LogP contribution in [0.2, 0.25) is 0 Å². The summed E-state index contributed by atoms with van der Waals surface area (Å²) in [6, 6.07) is 0. The van der Waals surface area contributed by atoms with Gasteiger partial charge in [-0.3, -0.25) is 0 Å². The van der Waals surface area contributed by atoms with Crippen LogP contribution in [0.25, 0.3) is 0 Å². The van der Waals surface area contributed by atoms with Crippen molar-refractivity contribution >= 4 is 0 Å². The predicted molar refractivity (Wildman–Crippen MR) is 90.4 cm³/mol. The van der Waals surface area contributed by atoms with E-state index in [1.807, 2.05) is 0 Å². The van der Waals surface area contributed by atoms with Gasteiger partial charge in [-0.1, -0.05) is 59.4 Å². The summed E-state index contributed by atoms with van der Waals surface area (Å²) in [5.41, 5.74) is 3.94. The molecule has 1 rings (SSSR count). The van der Waals surface area contributed by atoms with Gasteiger partial charge in [0.05, 0.1) is 0 Å². The maximum atomic E-state index is 4.29. The van der Waals surface area contributed by atoms with E-state index in [2.05, 4.69) is 52.3 Å². The normalized spacial score (nSPS) is 19.5. The van der Waals surface area contributed by atoms with Crippen LogP contribution in [-0.2, 0) is 0 Å². The van der Waals surface area contributed by atoms with Crippen molar-refractivity contribution in [2.45, 2.75) is 59.8 Å². The van der Waals surface area contributed by atoms with Crippen LogP contribution >= 0.6 is 0 Å². The van der Waals surface area contributed by atoms with Gasteiger partial charge in [0.15, 0.2) is 0 Å². The van der Waals surface area contributed by atoms with Crippen LogP contribution in [0.15, 0.2) is 36.7 Å². The second-order valence-electron chi connectivity index (χ2n) is 6.89. The van der Waals surface area contributed by atoms with Crippen molar-refractivity contribution in [3.05, 3.63) is 36.7 Å². The van der Waals surface area contributed by atoms with Gasteiger partial charge in [0.1, 0.15) is 0 Å². The summed E-state index contributed by atoms with van der Waals surface area (Å²) >= 11 is 0. The standard InChI is InChI=1S/C19H33N/c1-14(2)16(5)11-9-8-10-12-20-17(6)13-19(15(3)4)18(20)7/h14-15,19H,5-13H2,1-4H3. The minimum absolute atomic E-state index is 0.600. The second-order valence-corrected chi connectivity index (χ2v) is 6.89. The molecule has 0 radical (unpaired) electrons. The summed E-state index contributed by atoms with van der Waals surface area (Å²) in [6.45, 7) is 22.8. The topological polar surface area (TPSA) is 3.24 Å². The van der Waals surface area contributed by atoms with Gasteiger partial charge in [-0.25, -0.2) is 0 Å². The molecule has 0 amide bonds. The Morgan fingerprint density at radius 2 is 1.80 bits per heavy atom. The average Bonchev–Trinajstić information content (AvgIpc) is 2.65. The van der Waals surface area contributed by atoms with Gasteiger partial charge in [0.2, 0.25) is 0 Å². The number of allylic oxidation sites excluding steroid dienone is 3. The maximum Gasteiger partial charge on any atom is 0.0224 e. The number of unbranched alkanes of at least 4 members (excludes halogenated alkanes) is 2. The van der Waals surface area contributed by atoms with Crippen LogP contribution in [0.3, 0.4) is 0 Å². The minimum atomic E-state index is 0.600. The largest absolute Gasteiger partial charge is 0.349 e. The Morgan fingerprint density at radius 1 is 1.15 bits per heavy atom. The molecule has 1 unspecified atom stereocenters. The summed E-state index contributed by atoms with van der Waals surface area (Å²) in [5.74, 6) is 1.89. The lowest BCUT2D eigenvalue weighted by molar-refractivity contribution is 0.395. The molecule has 114 valence electrons. The highest BCUT2D eigenvalue weighted by atomic mass is 15.2. The van der Waals surface area contributed by atoms with E-state index >= 15 is 0 Å². The Kier molecular flexibility index (Phi) is 6.58. The van der Waals surface area contributed by atoms with E-state index in [0.717, 1.165) is 13.0 Å². The molecule has 0 bridgehead atoms. The number of nitrogens with zero attached hydrogens (tertiary/aromatic N) is 1. The van der Waals surface area contributed by atoms with Crippen LogP contribution in [0.5, 0.6) is 0 Å². The van der Waals surface area contributed by atoms with Crippen molar-refractivity contribution in [3.63, 3.8) is 0 Å². The highest BCUT2D eigenvalue weighted by Crippen LogP contribution is 2.38. The molecule has 0 aromatic rings. The molecule has 1 atom stereocenters.